The van der Waals surface area contributed by atoms with E-state index < -0.39 is 0 Å². The maximum atomic E-state index is 10.8. The number of thiazole rings is 1. The molecule has 1 heterocycles. The van der Waals surface area contributed by atoms with Gasteiger partial charge < -0.3 is 16.4 Å². The van der Waals surface area contributed by atoms with Gasteiger partial charge in [0.1, 0.15) is 5.00 Å². The van der Waals surface area contributed by atoms with E-state index >= 15 is 0 Å². The van der Waals surface area contributed by atoms with Crippen LogP contribution in [0.5, 0.6) is 0 Å². The van der Waals surface area contributed by atoms with E-state index in [1.807, 2.05) is 0 Å². The average Bonchev–Trinajstić information content (AvgIpc) is 2.51. The molecule has 0 saturated carbocycles. The van der Waals surface area contributed by atoms with Gasteiger partial charge in [0.25, 0.3) is 0 Å². The molecule has 0 spiro atoms. The molecule has 0 radical (unpaired) electrons. The van der Waals surface area contributed by atoms with Crippen LogP contribution in [0.3, 0.4) is 0 Å². The van der Waals surface area contributed by atoms with Gasteiger partial charge in [-0.25, -0.2) is 4.98 Å². The van der Waals surface area contributed by atoms with Gasteiger partial charge in [0.2, 0.25) is 5.91 Å². The van der Waals surface area contributed by atoms with Crippen LogP contribution in [-0.2, 0) is 4.79 Å². The molecule has 6 heteroatoms. The van der Waals surface area contributed by atoms with E-state index in [1.165, 1.54) is 11.3 Å². The van der Waals surface area contributed by atoms with Crippen LogP contribution >= 0.6 is 11.3 Å². The maximum absolute atomic E-state index is 10.8. The zero-order chi connectivity index (χ0) is 9.68. The molecule has 0 aliphatic carbocycles. The molecular formula is C7H12N4OS. The van der Waals surface area contributed by atoms with E-state index in [1.54, 1.807) is 13.2 Å². The summed E-state index contributed by atoms with van der Waals surface area (Å²) in [5.41, 5.74) is 5.47. The molecule has 0 saturated heterocycles. The van der Waals surface area contributed by atoms with Crippen molar-refractivity contribution < 1.29 is 4.79 Å². The first-order chi connectivity index (χ1) is 6.22. The lowest BCUT2D eigenvalue weighted by atomic mass is 10.4. The first-order valence-corrected chi connectivity index (χ1v) is 4.70. The molecule has 0 bridgehead atoms. The maximum Gasteiger partial charge on any atom is 0.221 e. The third-order valence-electron chi connectivity index (χ3n) is 1.43. The largest absolute Gasteiger partial charge is 0.389 e. The number of hydrogen-bond acceptors (Lipinski definition) is 5. The van der Waals surface area contributed by atoms with Crippen molar-refractivity contribution in [2.45, 2.75) is 6.42 Å². The number of rotatable bonds is 4. The second kappa shape index (κ2) is 4.66. The molecular weight excluding hydrogens is 188 g/mol. The lowest BCUT2D eigenvalue weighted by Crippen LogP contribution is -2.20. The fourth-order valence-corrected chi connectivity index (χ4v) is 1.38. The summed E-state index contributed by atoms with van der Waals surface area (Å²) in [5, 5.41) is 6.95. The van der Waals surface area contributed by atoms with Crippen molar-refractivity contribution in [2.75, 3.05) is 24.6 Å². The van der Waals surface area contributed by atoms with E-state index in [-0.39, 0.29) is 5.91 Å². The summed E-state index contributed by atoms with van der Waals surface area (Å²) in [6.07, 6.45) is 2.03. The Balaban J connectivity index is 2.24. The predicted molar refractivity (Wildman–Crippen MR) is 53.7 cm³/mol. The van der Waals surface area contributed by atoms with Crippen molar-refractivity contribution in [1.29, 1.82) is 0 Å². The Hall–Kier alpha value is -1.30. The van der Waals surface area contributed by atoms with Crippen LogP contribution in [0.15, 0.2) is 6.20 Å². The van der Waals surface area contributed by atoms with Gasteiger partial charge in [-0.15, -0.1) is 0 Å². The predicted octanol–water partition coefficient (Wildman–Crippen LogP) is 0.273. The third kappa shape index (κ3) is 3.29. The van der Waals surface area contributed by atoms with Crippen LogP contribution in [0.25, 0.3) is 0 Å². The summed E-state index contributed by atoms with van der Waals surface area (Å²) in [6.45, 7) is 0.576. The number of carbonyl (C=O) groups excluding carboxylic acids is 1. The third-order valence-corrected chi connectivity index (χ3v) is 2.21. The molecule has 0 unspecified atom stereocenters. The van der Waals surface area contributed by atoms with Crippen molar-refractivity contribution in [2.24, 2.45) is 0 Å². The quantitative estimate of drug-likeness (QED) is 0.652. The fourth-order valence-electron chi connectivity index (χ4n) is 0.776. The molecule has 1 aromatic heterocycles. The van der Waals surface area contributed by atoms with Crippen molar-refractivity contribution in [1.82, 2.24) is 10.3 Å². The molecule has 0 atom stereocenters. The van der Waals surface area contributed by atoms with Gasteiger partial charge in [-0.2, -0.15) is 0 Å². The van der Waals surface area contributed by atoms with Crippen LogP contribution in [0.4, 0.5) is 10.1 Å². The second-order valence-electron chi connectivity index (χ2n) is 2.42. The summed E-state index contributed by atoms with van der Waals surface area (Å²) < 4.78 is 0. The summed E-state index contributed by atoms with van der Waals surface area (Å²) in [5.74, 6) is 0.0111. The van der Waals surface area contributed by atoms with Gasteiger partial charge >= 0.3 is 0 Å². The Labute approximate surface area is 80.4 Å². The Morgan fingerprint density at radius 2 is 2.54 bits per heavy atom. The molecule has 0 aliphatic rings. The molecule has 4 N–H and O–H groups in total. The highest BCUT2D eigenvalue weighted by molar-refractivity contribution is 7.19. The van der Waals surface area contributed by atoms with Crippen LogP contribution in [0, 0.1) is 0 Å². The highest BCUT2D eigenvalue weighted by Crippen LogP contribution is 2.18. The van der Waals surface area contributed by atoms with Gasteiger partial charge in [0, 0.05) is 20.0 Å². The number of nitrogens with zero attached hydrogens (tertiary/aromatic N) is 1. The Morgan fingerprint density at radius 1 is 1.77 bits per heavy atom. The highest BCUT2D eigenvalue weighted by atomic mass is 32.1. The number of aromatic nitrogens is 1. The summed E-state index contributed by atoms with van der Waals surface area (Å²) in [6, 6.07) is 0. The van der Waals surface area contributed by atoms with Gasteiger partial charge in [0.15, 0.2) is 5.13 Å². The van der Waals surface area contributed by atoms with Crippen molar-refractivity contribution in [3.05, 3.63) is 6.20 Å². The normalized spacial score (nSPS) is 9.62. The van der Waals surface area contributed by atoms with Crippen LogP contribution in [-0.4, -0.2) is 24.5 Å². The minimum atomic E-state index is 0.0111. The topological polar surface area (TPSA) is 80.0 Å². The zero-order valence-electron chi connectivity index (χ0n) is 7.33. The molecule has 72 valence electrons. The molecule has 0 aliphatic heterocycles. The lowest BCUT2D eigenvalue weighted by molar-refractivity contribution is -0.120. The van der Waals surface area contributed by atoms with Crippen LogP contribution in [0.1, 0.15) is 6.42 Å². The van der Waals surface area contributed by atoms with Crippen LogP contribution in [0.2, 0.25) is 0 Å². The Kier molecular flexibility index (Phi) is 3.51. The van der Waals surface area contributed by atoms with Crippen molar-refractivity contribution in [3.8, 4) is 0 Å². The molecule has 0 fully saturated rings. The van der Waals surface area contributed by atoms with Gasteiger partial charge in [-0.3, -0.25) is 4.79 Å². The number of carbonyl (C=O) groups is 1. The zero-order valence-corrected chi connectivity index (χ0v) is 8.15. The number of anilines is 2. The molecule has 0 aromatic carbocycles. The number of hydrogen-bond donors (Lipinski definition) is 3. The lowest BCUT2D eigenvalue weighted by Gasteiger charge is -2.00. The second-order valence-corrected chi connectivity index (χ2v) is 3.48. The SMILES string of the molecule is CNC(=O)CCNc1ncc(N)s1. The van der Waals surface area contributed by atoms with Gasteiger partial charge in [-0.05, 0) is 0 Å². The van der Waals surface area contributed by atoms with E-state index in [0.29, 0.717) is 18.0 Å². The Morgan fingerprint density at radius 3 is 3.08 bits per heavy atom. The molecule has 1 aromatic rings. The van der Waals surface area contributed by atoms with E-state index in [2.05, 4.69) is 15.6 Å². The van der Waals surface area contributed by atoms with E-state index in [0.717, 1.165) is 5.13 Å². The molecule has 5 nitrogen and oxygen atoms in total. The first-order valence-electron chi connectivity index (χ1n) is 3.88. The first kappa shape index (κ1) is 9.79. The van der Waals surface area contributed by atoms with Crippen molar-refractivity contribution in [3.63, 3.8) is 0 Å². The molecule has 13 heavy (non-hydrogen) atoms. The minimum Gasteiger partial charge on any atom is -0.389 e. The Bertz CT molecular complexity index is 286. The molecule has 1 rings (SSSR count). The van der Waals surface area contributed by atoms with E-state index in [4.69, 9.17) is 5.73 Å². The monoisotopic (exact) mass is 200 g/mol. The molecule has 1 amide bonds. The summed E-state index contributed by atoms with van der Waals surface area (Å²) in [4.78, 5) is 14.8. The standard InChI is InChI=1S/C7H12N4OS/c1-9-6(12)2-3-10-7-11-4-5(8)13-7/h4H,2-3,8H2,1H3,(H,9,12)(H,10,11). The average molecular weight is 200 g/mol. The number of nitrogens with two attached hydrogens (primary N) is 1. The smallest absolute Gasteiger partial charge is 0.221 e. The number of nitrogens with one attached hydrogen (secondary N) is 2. The number of amides is 1. The highest BCUT2D eigenvalue weighted by Gasteiger charge is 1.99. The summed E-state index contributed by atoms with van der Waals surface area (Å²) in [7, 11) is 1.61. The fraction of sp³-hybridized carbons (Fsp3) is 0.429. The van der Waals surface area contributed by atoms with Crippen molar-refractivity contribution >= 4 is 27.4 Å². The van der Waals surface area contributed by atoms with Gasteiger partial charge in [-0.1, -0.05) is 11.3 Å². The minimum absolute atomic E-state index is 0.0111. The van der Waals surface area contributed by atoms with Gasteiger partial charge in [0.05, 0.1) is 6.20 Å². The summed E-state index contributed by atoms with van der Waals surface area (Å²) >= 11 is 1.37. The van der Waals surface area contributed by atoms with E-state index in [9.17, 15) is 4.79 Å². The number of nitrogen functional groups attached to an aromatic ring is 1. The van der Waals surface area contributed by atoms with Crippen LogP contribution < -0.4 is 16.4 Å².